The van der Waals surface area contributed by atoms with E-state index in [4.69, 9.17) is 14.2 Å². The van der Waals surface area contributed by atoms with Gasteiger partial charge in [0, 0.05) is 31.1 Å². The summed E-state index contributed by atoms with van der Waals surface area (Å²) in [7, 11) is 1.61. The Hall–Kier alpha value is -3.41. The Kier molecular flexibility index (Phi) is 6.77. The quantitative estimate of drug-likeness (QED) is 0.556. The number of para-hydroxylation sites is 1. The second-order valence-electron chi connectivity index (χ2n) is 7.18. The minimum atomic E-state index is 0.543. The number of nitrogens with zero attached hydrogens (tertiary/aromatic N) is 4. The van der Waals surface area contributed by atoms with Crippen LogP contribution in [-0.2, 0) is 4.74 Å². The molecule has 1 aliphatic rings. The predicted molar refractivity (Wildman–Crippen MR) is 118 cm³/mol. The van der Waals surface area contributed by atoms with E-state index in [2.05, 4.69) is 26.3 Å². The minimum Gasteiger partial charge on any atom is -0.493 e. The van der Waals surface area contributed by atoms with Crippen molar-refractivity contribution in [1.82, 2.24) is 14.9 Å². The molecule has 0 atom stereocenters. The first-order valence-corrected chi connectivity index (χ1v) is 10.3. The van der Waals surface area contributed by atoms with Crippen molar-refractivity contribution in [1.29, 1.82) is 5.26 Å². The van der Waals surface area contributed by atoms with Crippen molar-refractivity contribution in [3.63, 3.8) is 0 Å². The molecule has 0 amide bonds. The molecule has 1 aromatic heterocycles. The standard InChI is InChI=1S/C23H25N5O3/c1-29-21-13-18-20(14-22(21)31-10-4-7-28-8-11-30-12-9-28)25-16-26-23(18)27-19-6-3-2-5-17(19)15-24/h2-3,5-6,13-14,16H,4,7-12H2,1H3,(H,25,26,27). The van der Waals surface area contributed by atoms with Gasteiger partial charge < -0.3 is 19.5 Å². The maximum Gasteiger partial charge on any atom is 0.163 e. The Balaban J connectivity index is 1.50. The summed E-state index contributed by atoms with van der Waals surface area (Å²) < 4.78 is 17.0. The van der Waals surface area contributed by atoms with Gasteiger partial charge in [-0.3, -0.25) is 4.90 Å². The number of hydrogen-bond acceptors (Lipinski definition) is 8. The molecule has 1 N–H and O–H groups in total. The first-order valence-electron chi connectivity index (χ1n) is 10.3. The van der Waals surface area contributed by atoms with Crippen molar-refractivity contribution in [3.05, 3.63) is 48.3 Å². The maximum atomic E-state index is 9.35. The molecule has 0 radical (unpaired) electrons. The van der Waals surface area contributed by atoms with E-state index in [1.165, 1.54) is 6.33 Å². The van der Waals surface area contributed by atoms with Crippen molar-refractivity contribution in [2.75, 3.05) is 51.9 Å². The van der Waals surface area contributed by atoms with Crippen LogP contribution in [0, 0.1) is 11.3 Å². The number of fused-ring (bicyclic) bond motifs is 1. The lowest BCUT2D eigenvalue weighted by molar-refractivity contribution is 0.0357. The van der Waals surface area contributed by atoms with Gasteiger partial charge in [0.2, 0.25) is 0 Å². The molecule has 2 heterocycles. The van der Waals surface area contributed by atoms with Crippen LogP contribution in [0.2, 0.25) is 0 Å². The average Bonchev–Trinajstić information content (AvgIpc) is 2.82. The summed E-state index contributed by atoms with van der Waals surface area (Å²) in [5.74, 6) is 1.87. The van der Waals surface area contributed by atoms with Crippen LogP contribution in [0.4, 0.5) is 11.5 Å². The maximum absolute atomic E-state index is 9.35. The highest BCUT2D eigenvalue weighted by molar-refractivity contribution is 5.93. The topological polar surface area (TPSA) is 92.5 Å². The fourth-order valence-corrected chi connectivity index (χ4v) is 3.55. The van der Waals surface area contributed by atoms with Crippen LogP contribution >= 0.6 is 0 Å². The summed E-state index contributed by atoms with van der Waals surface area (Å²) in [5.41, 5.74) is 1.96. The van der Waals surface area contributed by atoms with Crippen molar-refractivity contribution >= 4 is 22.4 Å². The van der Waals surface area contributed by atoms with E-state index in [0.29, 0.717) is 35.2 Å². The van der Waals surface area contributed by atoms with Gasteiger partial charge in [-0.25, -0.2) is 9.97 Å². The molecule has 8 nitrogen and oxygen atoms in total. The number of aromatic nitrogens is 2. The molecule has 0 aliphatic carbocycles. The van der Waals surface area contributed by atoms with Crippen molar-refractivity contribution < 1.29 is 14.2 Å². The Bertz CT molecular complexity index is 1080. The van der Waals surface area contributed by atoms with Gasteiger partial charge in [0.05, 0.1) is 43.7 Å². The minimum absolute atomic E-state index is 0.543. The summed E-state index contributed by atoms with van der Waals surface area (Å²) in [6.45, 7) is 5.11. The molecule has 8 heteroatoms. The first kappa shape index (κ1) is 20.8. The van der Waals surface area contributed by atoms with E-state index in [9.17, 15) is 5.26 Å². The molecule has 2 aromatic carbocycles. The fraction of sp³-hybridized carbons (Fsp3) is 0.348. The Morgan fingerprint density at radius 2 is 2.00 bits per heavy atom. The zero-order chi connectivity index (χ0) is 21.5. The Morgan fingerprint density at radius 1 is 1.16 bits per heavy atom. The van der Waals surface area contributed by atoms with E-state index in [1.807, 2.05) is 30.3 Å². The predicted octanol–water partition coefficient (Wildman–Crippen LogP) is 3.35. The second kappa shape index (κ2) is 10.1. The molecule has 1 fully saturated rings. The molecule has 0 spiro atoms. The molecule has 1 saturated heterocycles. The van der Waals surface area contributed by atoms with Gasteiger partial charge in [-0.05, 0) is 24.6 Å². The summed E-state index contributed by atoms with van der Waals surface area (Å²) in [6, 6.07) is 13.2. The van der Waals surface area contributed by atoms with Gasteiger partial charge in [-0.15, -0.1) is 0 Å². The highest BCUT2D eigenvalue weighted by atomic mass is 16.5. The third-order valence-corrected chi connectivity index (χ3v) is 5.20. The van der Waals surface area contributed by atoms with Crippen molar-refractivity contribution in [2.24, 2.45) is 0 Å². The molecule has 0 bridgehead atoms. The Labute approximate surface area is 181 Å². The first-order chi connectivity index (χ1) is 15.3. The van der Waals surface area contributed by atoms with Gasteiger partial charge in [-0.2, -0.15) is 5.26 Å². The van der Waals surface area contributed by atoms with Crippen LogP contribution in [0.3, 0.4) is 0 Å². The lowest BCUT2D eigenvalue weighted by Crippen LogP contribution is -2.37. The lowest BCUT2D eigenvalue weighted by atomic mass is 10.1. The van der Waals surface area contributed by atoms with E-state index in [-0.39, 0.29) is 0 Å². The van der Waals surface area contributed by atoms with E-state index in [1.54, 1.807) is 13.2 Å². The van der Waals surface area contributed by atoms with Gasteiger partial charge in [-0.1, -0.05) is 12.1 Å². The fourth-order valence-electron chi connectivity index (χ4n) is 3.55. The van der Waals surface area contributed by atoms with Crippen LogP contribution in [0.25, 0.3) is 10.9 Å². The van der Waals surface area contributed by atoms with Crippen molar-refractivity contribution in [3.8, 4) is 17.6 Å². The van der Waals surface area contributed by atoms with Crippen LogP contribution in [0.1, 0.15) is 12.0 Å². The highest BCUT2D eigenvalue weighted by Gasteiger charge is 2.14. The van der Waals surface area contributed by atoms with Gasteiger partial charge >= 0.3 is 0 Å². The number of nitriles is 1. The summed E-state index contributed by atoms with van der Waals surface area (Å²) in [4.78, 5) is 11.1. The third-order valence-electron chi connectivity index (χ3n) is 5.20. The molecule has 0 saturated carbocycles. The molecular formula is C23H25N5O3. The molecular weight excluding hydrogens is 394 g/mol. The molecule has 0 unspecified atom stereocenters. The largest absolute Gasteiger partial charge is 0.493 e. The summed E-state index contributed by atoms with van der Waals surface area (Å²) in [6.07, 6.45) is 2.41. The number of rotatable bonds is 8. The SMILES string of the molecule is COc1cc2c(Nc3ccccc3C#N)ncnc2cc1OCCCN1CCOCC1. The number of ether oxygens (including phenoxy) is 3. The van der Waals surface area contributed by atoms with E-state index in [0.717, 1.165) is 50.2 Å². The Morgan fingerprint density at radius 3 is 2.81 bits per heavy atom. The van der Waals surface area contributed by atoms with E-state index >= 15 is 0 Å². The zero-order valence-corrected chi connectivity index (χ0v) is 17.5. The number of methoxy groups -OCH3 is 1. The third kappa shape index (κ3) is 5.02. The van der Waals surface area contributed by atoms with Crippen LogP contribution < -0.4 is 14.8 Å². The number of anilines is 2. The summed E-state index contributed by atoms with van der Waals surface area (Å²) in [5, 5.41) is 13.4. The molecule has 31 heavy (non-hydrogen) atoms. The van der Waals surface area contributed by atoms with Crippen LogP contribution in [-0.4, -0.2) is 61.4 Å². The van der Waals surface area contributed by atoms with Crippen LogP contribution in [0.5, 0.6) is 11.5 Å². The number of morpholine rings is 1. The van der Waals surface area contributed by atoms with Crippen LogP contribution in [0.15, 0.2) is 42.7 Å². The molecule has 1 aliphatic heterocycles. The lowest BCUT2D eigenvalue weighted by Gasteiger charge is -2.26. The number of benzene rings is 2. The zero-order valence-electron chi connectivity index (χ0n) is 17.5. The molecule has 160 valence electrons. The average molecular weight is 419 g/mol. The van der Waals surface area contributed by atoms with Gasteiger partial charge in [0.25, 0.3) is 0 Å². The van der Waals surface area contributed by atoms with Gasteiger partial charge in [0.15, 0.2) is 11.5 Å². The monoisotopic (exact) mass is 419 g/mol. The smallest absolute Gasteiger partial charge is 0.163 e. The van der Waals surface area contributed by atoms with Crippen molar-refractivity contribution in [2.45, 2.75) is 6.42 Å². The molecule has 3 aromatic rings. The molecule has 4 rings (SSSR count). The highest BCUT2D eigenvalue weighted by Crippen LogP contribution is 2.35. The van der Waals surface area contributed by atoms with E-state index < -0.39 is 0 Å². The number of hydrogen-bond donors (Lipinski definition) is 1. The summed E-state index contributed by atoms with van der Waals surface area (Å²) >= 11 is 0. The second-order valence-corrected chi connectivity index (χ2v) is 7.18. The van der Waals surface area contributed by atoms with Gasteiger partial charge in [0.1, 0.15) is 18.2 Å². The number of nitrogens with one attached hydrogen (secondary N) is 1. The normalized spacial score (nSPS) is 14.2.